The van der Waals surface area contributed by atoms with E-state index in [0.29, 0.717) is 22.2 Å². The quantitative estimate of drug-likeness (QED) is 0.583. The second-order valence-corrected chi connectivity index (χ2v) is 6.55. The van der Waals surface area contributed by atoms with Crippen LogP contribution in [0.1, 0.15) is 12.5 Å². The normalized spacial score (nSPS) is 13.4. The number of carbonyl (C=O) groups excluding carboxylic acids is 1. The average Bonchev–Trinajstić information content (AvgIpc) is 2.68. The highest BCUT2D eigenvalue weighted by Crippen LogP contribution is 2.30. The maximum absolute atomic E-state index is 12.8. The highest BCUT2D eigenvalue weighted by Gasteiger charge is 2.34. The molecule has 3 aromatic carbocycles. The van der Waals surface area contributed by atoms with E-state index in [2.05, 4.69) is 5.32 Å². The maximum Gasteiger partial charge on any atom is 0.260 e. The van der Waals surface area contributed by atoms with Crippen LogP contribution >= 0.6 is 0 Å². The Morgan fingerprint density at radius 3 is 2.63 bits per heavy atom. The van der Waals surface area contributed by atoms with Crippen LogP contribution in [0.4, 0.5) is 5.69 Å². The van der Waals surface area contributed by atoms with E-state index in [1.807, 2.05) is 30.3 Å². The summed E-state index contributed by atoms with van der Waals surface area (Å²) in [4.78, 5) is 24.8. The number of amides is 1. The lowest BCUT2D eigenvalue weighted by Crippen LogP contribution is -2.37. The summed E-state index contributed by atoms with van der Waals surface area (Å²) >= 11 is 0. The van der Waals surface area contributed by atoms with E-state index in [4.69, 9.17) is 4.42 Å². The van der Waals surface area contributed by atoms with Gasteiger partial charge in [-0.2, -0.15) is 0 Å². The van der Waals surface area contributed by atoms with Crippen LogP contribution in [0.3, 0.4) is 0 Å². The summed E-state index contributed by atoms with van der Waals surface area (Å²) in [6.07, 6.45) is 1.33. The number of hydrogen-bond donors (Lipinski definition) is 2. The molecule has 0 aliphatic rings. The van der Waals surface area contributed by atoms with Gasteiger partial charge in [0.2, 0.25) is 0 Å². The first-order valence-corrected chi connectivity index (χ1v) is 8.50. The van der Waals surface area contributed by atoms with Gasteiger partial charge in [-0.25, -0.2) is 0 Å². The molecule has 4 aromatic rings. The highest BCUT2D eigenvalue weighted by molar-refractivity contribution is 6.02. The number of hydrogen-bond acceptors (Lipinski definition) is 4. The largest absolute Gasteiger partial charge is 0.464 e. The smallest absolute Gasteiger partial charge is 0.260 e. The Morgan fingerprint density at radius 2 is 1.78 bits per heavy atom. The van der Waals surface area contributed by atoms with Crippen LogP contribution in [-0.2, 0) is 10.4 Å². The van der Waals surface area contributed by atoms with Gasteiger partial charge in [-0.1, -0.05) is 42.5 Å². The highest BCUT2D eigenvalue weighted by atomic mass is 16.3. The van der Waals surface area contributed by atoms with Crippen molar-refractivity contribution in [1.82, 2.24) is 0 Å². The number of anilines is 1. The molecule has 4 rings (SSSR count). The van der Waals surface area contributed by atoms with Gasteiger partial charge in [0.25, 0.3) is 5.91 Å². The summed E-state index contributed by atoms with van der Waals surface area (Å²) in [7, 11) is 0. The lowest BCUT2D eigenvalue weighted by molar-refractivity contribution is -0.133. The minimum atomic E-state index is -1.75. The summed E-state index contributed by atoms with van der Waals surface area (Å²) in [5.41, 5.74) is -0.601. The second-order valence-electron chi connectivity index (χ2n) is 6.55. The van der Waals surface area contributed by atoms with Crippen LogP contribution in [0.15, 0.2) is 82.2 Å². The first-order valence-electron chi connectivity index (χ1n) is 8.50. The van der Waals surface area contributed by atoms with E-state index >= 15 is 0 Å². The summed E-state index contributed by atoms with van der Waals surface area (Å²) in [5, 5.41) is 15.8. The lowest BCUT2D eigenvalue weighted by Gasteiger charge is -2.24. The molecular weight excluding hydrogens is 342 g/mol. The first kappa shape index (κ1) is 17.0. The zero-order chi connectivity index (χ0) is 19.0. The van der Waals surface area contributed by atoms with Crippen molar-refractivity contribution in [3.05, 3.63) is 88.8 Å². The summed E-state index contributed by atoms with van der Waals surface area (Å²) < 4.78 is 5.28. The molecule has 1 heterocycles. The molecule has 0 radical (unpaired) electrons. The van der Waals surface area contributed by atoms with Crippen molar-refractivity contribution in [3.63, 3.8) is 0 Å². The molecule has 5 nitrogen and oxygen atoms in total. The van der Waals surface area contributed by atoms with Gasteiger partial charge in [0.05, 0.1) is 11.6 Å². The predicted molar refractivity (Wildman–Crippen MR) is 105 cm³/mol. The standard InChI is InChI=1S/C22H17NO4/c1-22(26,18-8-4-6-14-5-2-3-7-16(14)18)21(25)23-15-9-10-20-17(13-15)19(24)11-12-27-20/h2-13,26H,1H3,(H,23,25). The minimum Gasteiger partial charge on any atom is -0.464 e. The predicted octanol–water partition coefficient (Wildman–Crippen LogP) is 3.79. The van der Waals surface area contributed by atoms with Crippen LogP contribution in [0.5, 0.6) is 0 Å². The SMILES string of the molecule is CC(O)(C(=O)Nc1ccc2occc(=O)c2c1)c1cccc2ccccc12. The van der Waals surface area contributed by atoms with Crippen molar-refractivity contribution in [3.8, 4) is 0 Å². The molecule has 1 aromatic heterocycles. The molecule has 0 saturated heterocycles. The van der Waals surface area contributed by atoms with Crippen molar-refractivity contribution in [1.29, 1.82) is 0 Å². The summed E-state index contributed by atoms with van der Waals surface area (Å²) in [5.74, 6) is -0.585. The van der Waals surface area contributed by atoms with E-state index in [9.17, 15) is 14.7 Å². The third-order valence-corrected chi connectivity index (χ3v) is 4.67. The number of aliphatic hydroxyl groups is 1. The maximum atomic E-state index is 12.8. The topological polar surface area (TPSA) is 79.5 Å². The molecular formula is C22H17NO4. The average molecular weight is 359 g/mol. The fourth-order valence-corrected chi connectivity index (χ4v) is 3.19. The molecule has 0 saturated carbocycles. The lowest BCUT2D eigenvalue weighted by atomic mass is 9.90. The molecule has 0 fully saturated rings. The van der Waals surface area contributed by atoms with Crippen LogP contribution in [-0.4, -0.2) is 11.0 Å². The Labute approximate surface area is 154 Å². The van der Waals surface area contributed by atoms with E-state index in [0.717, 1.165) is 10.8 Å². The molecule has 0 aliphatic carbocycles. The monoisotopic (exact) mass is 359 g/mol. The van der Waals surface area contributed by atoms with Crippen LogP contribution in [0.2, 0.25) is 0 Å². The third kappa shape index (κ3) is 2.98. The molecule has 2 N–H and O–H groups in total. The zero-order valence-corrected chi connectivity index (χ0v) is 14.6. The van der Waals surface area contributed by atoms with Crippen LogP contribution in [0, 0.1) is 0 Å². The Hall–Kier alpha value is -3.44. The fourth-order valence-electron chi connectivity index (χ4n) is 3.19. The minimum absolute atomic E-state index is 0.201. The molecule has 0 aliphatic heterocycles. The third-order valence-electron chi connectivity index (χ3n) is 4.67. The fraction of sp³-hybridized carbons (Fsp3) is 0.0909. The van der Waals surface area contributed by atoms with Crippen molar-refractivity contribution in [2.45, 2.75) is 12.5 Å². The Balaban J connectivity index is 1.71. The summed E-state index contributed by atoms with van der Waals surface area (Å²) in [6, 6.07) is 19.1. The van der Waals surface area contributed by atoms with Crippen molar-refractivity contribution < 1.29 is 14.3 Å². The van der Waals surface area contributed by atoms with Gasteiger partial charge >= 0.3 is 0 Å². The molecule has 27 heavy (non-hydrogen) atoms. The number of benzene rings is 3. The van der Waals surface area contributed by atoms with Crippen molar-refractivity contribution in [2.24, 2.45) is 0 Å². The number of rotatable bonds is 3. The Morgan fingerprint density at radius 1 is 1.00 bits per heavy atom. The van der Waals surface area contributed by atoms with Crippen LogP contribution in [0.25, 0.3) is 21.7 Å². The van der Waals surface area contributed by atoms with Crippen molar-refractivity contribution >= 4 is 33.3 Å². The Kier molecular flexibility index (Phi) is 4.01. The molecule has 0 bridgehead atoms. The van der Waals surface area contributed by atoms with Crippen LogP contribution < -0.4 is 10.7 Å². The first-order chi connectivity index (χ1) is 13.0. The van der Waals surface area contributed by atoms with E-state index in [1.54, 1.807) is 24.3 Å². The molecule has 134 valence electrons. The molecule has 1 unspecified atom stereocenters. The zero-order valence-electron chi connectivity index (χ0n) is 14.6. The van der Waals surface area contributed by atoms with Gasteiger partial charge in [-0.15, -0.1) is 0 Å². The summed E-state index contributed by atoms with van der Waals surface area (Å²) in [6.45, 7) is 1.46. The number of carbonyl (C=O) groups is 1. The van der Waals surface area contributed by atoms with Gasteiger partial charge in [0, 0.05) is 17.3 Å². The van der Waals surface area contributed by atoms with Gasteiger partial charge in [-0.3, -0.25) is 9.59 Å². The Bertz CT molecular complexity index is 1220. The van der Waals surface area contributed by atoms with E-state index in [-0.39, 0.29) is 5.43 Å². The van der Waals surface area contributed by atoms with E-state index in [1.165, 1.54) is 25.3 Å². The van der Waals surface area contributed by atoms with E-state index < -0.39 is 11.5 Å². The van der Waals surface area contributed by atoms with Gasteiger partial charge in [0.15, 0.2) is 11.0 Å². The molecule has 5 heteroatoms. The molecule has 1 atom stereocenters. The number of fused-ring (bicyclic) bond motifs is 2. The number of nitrogens with one attached hydrogen (secondary N) is 1. The molecule has 1 amide bonds. The van der Waals surface area contributed by atoms with Gasteiger partial charge < -0.3 is 14.8 Å². The molecule has 0 spiro atoms. The van der Waals surface area contributed by atoms with Gasteiger partial charge in [0.1, 0.15) is 5.58 Å². The van der Waals surface area contributed by atoms with Gasteiger partial charge in [-0.05, 0) is 35.9 Å². The van der Waals surface area contributed by atoms with Crippen molar-refractivity contribution in [2.75, 3.05) is 5.32 Å². The second kappa shape index (κ2) is 6.37.